The molecule has 0 saturated carbocycles. The number of fused-ring (bicyclic) bond motifs is 1. The van der Waals surface area contributed by atoms with E-state index in [4.69, 9.17) is 10.5 Å². The van der Waals surface area contributed by atoms with Crippen LogP contribution in [0.5, 0.6) is 5.88 Å². The van der Waals surface area contributed by atoms with E-state index >= 15 is 0 Å². The van der Waals surface area contributed by atoms with Crippen LogP contribution in [0.15, 0.2) is 18.3 Å². The molecule has 0 atom stereocenters. The predicted octanol–water partition coefficient (Wildman–Crippen LogP) is 1.06. The normalized spacial score (nSPS) is 10.5. The fourth-order valence-corrected chi connectivity index (χ4v) is 1.40. The summed E-state index contributed by atoms with van der Waals surface area (Å²) < 4.78 is 5.32. The summed E-state index contributed by atoms with van der Waals surface area (Å²) in [5.74, 6) is -0.146. The SMILES string of the molecule is CCOc1nc(C(N)=O)cc2cc[nH]c12. The van der Waals surface area contributed by atoms with E-state index in [2.05, 4.69) is 9.97 Å². The molecular formula is C10H11N3O2. The maximum Gasteiger partial charge on any atom is 0.267 e. The fraction of sp³-hybridized carbons (Fsp3) is 0.200. The summed E-state index contributed by atoms with van der Waals surface area (Å²) in [6.07, 6.45) is 1.76. The van der Waals surface area contributed by atoms with Crippen LogP contribution in [0.25, 0.3) is 10.9 Å². The molecule has 0 bridgehead atoms. The van der Waals surface area contributed by atoms with Crippen LogP contribution in [0, 0.1) is 0 Å². The molecule has 78 valence electrons. The minimum Gasteiger partial charge on any atom is -0.476 e. The minimum absolute atomic E-state index is 0.213. The summed E-state index contributed by atoms with van der Waals surface area (Å²) in [5.41, 5.74) is 6.16. The maximum atomic E-state index is 11.0. The van der Waals surface area contributed by atoms with Gasteiger partial charge in [-0.3, -0.25) is 4.79 Å². The number of aromatic nitrogens is 2. The Kier molecular flexibility index (Phi) is 2.29. The molecule has 5 nitrogen and oxygen atoms in total. The van der Waals surface area contributed by atoms with E-state index in [-0.39, 0.29) is 5.69 Å². The number of aromatic amines is 1. The molecule has 0 aliphatic rings. The van der Waals surface area contributed by atoms with Crippen LogP contribution in [0.1, 0.15) is 17.4 Å². The van der Waals surface area contributed by atoms with E-state index in [1.807, 2.05) is 13.0 Å². The second-order valence-electron chi connectivity index (χ2n) is 3.05. The fourth-order valence-electron chi connectivity index (χ4n) is 1.40. The summed E-state index contributed by atoms with van der Waals surface area (Å²) in [6.45, 7) is 2.34. The lowest BCUT2D eigenvalue weighted by molar-refractivity contribution is 0.0994. The van der Waals surface area contributed by atoms with Crippen molar-refractivity contribution in [3.8, 4) is 5.88 Å². The molecular weight excluding hydrogens is 194 g/mol. The maximum absolute atomic E-state index is 11.0. The number of nitrogens with one attached hydrogen (secondary N) is 1. The van der Waals surface area contributed by atoms with Gasteiger partial charge in [0.1, 0.15) is 11.2 Å². The summed E-state index contributed by atoms with van der Waals surface area (Å²) in [5, 5.41) is 0.863. The third-order valence-corrected chi connectivity index (χ3v) is 2.04. The van der Waals surface area contributed by atoms with Crippen LogP contribution in [0.2, 0.25) is 0 Å². The Labute approximate surface area is 86.3 Å². The van der Waals surface area contributed by atoms with Crippen LogP contribution < -0.4 is 10.5 Å². The average molecular weight is 205 g/mol. The van der Waals surface area contributed by atoms with Gasteiger partial charge in [-0.25, -0.2) is 4.98 Å². The number of ether oxygens (including phenoxy) is 1. The first kappa shape index (κ1) is 9.51. The van der Waals surface area contributed by atoms with Crippen molar-refractivity contribution >= 4 is 16.8 Å². The zero-order valence-corrected chi connectivity index (χ0v) is 8.28. The van der Waals surface area contributed by atoms with Crippen molar-refractivity contribution in [1.29, 1.82) is 0 Å². The van der Waals surface area contributed by atoms with Crippen LogP contribution in [0.3, 0.4) is 0 Å². The standard InChI is InChI=1S/C10H11N3O2/c1-2-15-10-8-6(3-4-12-8)5-7(13-10)9(11)14/h3-5,12H,2H2,1H3,(H2,11,14). The molecule has 0 aromatic carbocycles. The molecule has 0 aliphatic heterocycles. The first-order valence-corrected chi connectivity index (χ1v) is 4.63. The lowest BCUT2D eigenvalue weighted by atomic mass is 10.2. The van der Waals surface area contributed by atoms with E-state index in [1.54, 1.807) is 12.3 Å². The second-order valence-corrected chi connectivity index (χ2v) is 3.05. The summed E-state index contributed by atoms with van der Waals surface area (Å²) in [7, 11) is 0. The predicted molar refractivity (Wildman–Crippen MR) is 55.8 cm³/mol. The van der Waals surface area contributed by atoms with Crippen molar-refractivity contribution in [2.45, 2.75) is 6.92 Å². The van der Waals surface area contributed by atoms with Gasteiger partial charge in [0.15, 0.2) is 0 Å². The van der Waals surface area contributed by atoms with Crippen molar-refractivity contribution in [2.75, 3.05) is 6.61 Å². The summed E-state index contributed by atoms with van der Waals surface area (Å²) in [6, 6.07) is 3.47. The van der Waals surface area contributed by atoms with Crippen LogP contribution in [0.4, 0.5) is 0 Å². The first-order valence-electron chi connectivity index (χ1n) is 4.63. The summed E-state index contributed by atoms with van der Waals surface area (Å²) >= 11 is 0. The lowest BCUT2D eigenvalue weighted by Crippen LogP contribution is -2.13. The number of nitrogens with zero attached hydrogens (tertiary/aromatic N) is 1. The number of rotatable bonds is 3. The Bertz CT molecular complexity index is 504. The number of H-pyrrole nitrogens is 1. The highest BCUT2D eigenvalue weighted by Gasteiger charge is 2.10. The number of carbonyl (C=O) groups is 1. The first-order chi connectivity index (χ1) is 7.22. The van der Waals surface area contributed by atoms with Gasteiger partial charge in [-0.05, 0) is 19.1 Å². The average Bonchev–Trinajstić information content (AvgIpc) is 2.65. The quantitative estimate of drug-likeness (QED) is 0.786. The van der Waals surface area contributed by atoms with Crippen LogP contribution in [-0.2, 0) is 0 Å². The molecule has 5 heteroatoms. The molecule has 2 rings (SSSR count). The van der Waals surface area contributed by atoms with Gasteiger partial charge in [-0.2, -0.15) is 0 Å². The molecule has 2 aromatic heterocycles. The van der Waals surface area contributed by atoms with Crippen molar-refractivity contribution in [2.24, 2.45) is 5.73 Å². The number of primary amides is 1. The third-order valence-electron chi connectivity index (χ3n) is 2.04. The summed E-state index contributed by atoms with van der Waals surface area (Å²) in [4.78, 5) is 18.1. The van der Waals surface area contributed by atoms with Crippen molar-refractivity contribution < 1.29 is 9.53 Å². The Morgan fingerprint density at radius 3 is 3.13 bits per heavy atom. The highest BCUT2D eigenvalue weighted by atomic mass is 16.5. The van der Waals surface area contributed by atoms with Crippen LogP contribution >= 0.6 is 0 Å². The molecule has 1 amide bonds. The van der Waals surface area contributed by atoms with Crippen molar-refractivity contribution in [3.05, 3.63) is 24.0 Å². The molecule has 15 heavy (non-hydrogen) atoms. The Morgan fingerprint density at radius 1 is 1.67 bits per heavy atom. The van der Waals surface area contributed by atoms with Crippen molar-refractivity contribution in [3.63, 3.8) is 0 Å². The number of nitrogens with two attached hydrogens (primary N) is 1. The molecule has 3 N–H and O–H groups in total. The van der Waals surface area contributed by atoms with E-state index in [1.165, 1.54) is 0 Å². The Morgan fingerprint density at radius 2 is 2.47 bits per heavy atom. The molecule has 0 fully saturated rings. The van der Waals surface area contributed by atoms with E-state index in [0.717, 1.165) is 10.9 Å². The highest BCUT2D eigenvalue weighted by molar-refractivity contribution is 5.96. The van der Waals surface area contributed by atoms with Gasteiger partial charge in [0.25, 0.3) is 5.91 Å². The molecule has 0 unspecified atom stereocenters. The van der Waals surface area contributed by atoms with Crippen LogP contribution in [-0.4, -0.2) is 22.5 Å². The smallest absolute Gasteiger partial charge is 0.267 e. The van der Waals surface area contributed by atoms with Gasteiger partial charge in [0, 0.05) is 11.6 Å². The van der Waals surface area contributed by atoms with Gasteiger partial charge < -0.3 is 15.5 Å². The van der Waals surface area contributed by atoms with Gasteiger partial charge in [0.2, 0.25) is 5.88 Å². The molecule has 0 radical (unpaired) electrons. The molecule has 0 saturated heterocycles. The second kappa shape index (κ2) is 3.61. The lowest BCUT2D eigenvalue weighted by Gasteiger charge is -2.04. The molecule has 2 heterocycles. The number of hydrogen-bond donors (Lipinski definition) is 2. The number of pyridine rings is 1. The minimum atomic E-state index is -0.556. The van der Waals surface area contributed by atoms with Gasteiger partial charge in [-0.15, -0.1) is 0 Å². The largest absolute Gasteiger partial charge is 0.476 e. The van der Waals surface area contributed by atoms with Gasteiger partial charge >= 0.3 is 0 Å². The number of amides is 1. The zero-order valence-electron chi connectivity index (χ0n) is 8.28. The molecule has 0 aliphatic carbocycles. The number of hydrogen-bond acceptors (Lipinski definition) is 3. The van der Waals surface area contributed by atoms with Gasteiger partial charge in [-0.1, -0.05) is 0 Å². The zero-order chi connectivity index (χ0) is 10.8. The monoisotopic (exact) mass is 205 g/mol. The molecule has 0 spiro atoms. The third kappa shape index (κ3) is 1.63. The Hall–Kier alpha value is -2.04. The topological polar surface area (TPSA) is 81.0 Å². The molecule has 2 aromatic rings. The highest BCUT2D eigenvalue weighted by Crippen LogP contribution is 2.22. The van der Waals surface area contributed by atoms with Gasteiger partial charge in [0.05, 0.1) is 6.61 Å². The van der Waals surface area contributed by atoms with Crippen molar-refractivity contribution in [1.82, 2.24) is 9.97 Å². The Balaban J connectivity index is 2.63. The van der Waals surface area contributed by atoms with E-state index in [0.29, 0.717) is 12.5 Å². The number of carbonyl (C=O) groups excluding carboxylic acids is 1. The van der Waals surface area contributed by atoms with E-state index < -0.39 is 5.91 Å². The van der Waals surface area contributed by atoms with E-state index in [9.17, 15) is 4.79 Å².